The van der Waals surface area contributed by atoms with Crippen LogP contribution in [0.3, 0.4) is 0 Å². The third-order valence-electron chi connectivity index (χ3n) is 5.37. The van der Waals surface area contributed by atoms with Gasteiger partial charge >= 0.3 is 0 Å². The molecule has 5 heterocycles. The Hall–Kier alpha value is -3.86. The van der Waals surface area contributed by atoms with E-state index in [1.165, 1.54) is 12.4 Å². The molecular formula is C22H19F3N8. The van der Waals surface area contributed by atoms with Gasteiger partial charge in [-0.25, -0.2) is 33.1 Å². The SMILES string of the molecule is N[C@H]1CCCN(c2nc(-c3ccnc(Nc4ncc(F)cc4F)c3)nc3cncc(F)c23)C1. The topological polar surface area (TPSA) is 106 Å². The van der Waals surface area contributed by atoms with E-state index in [0.29, 0.717) is 35.8 Å². The van der Waals surface area contributed by atoms with Crippen molar-refractivity contribution >= 4 is 28.4 Å². The van der Waals surface area contributed by atoms with Crippen molar-refractivity contribution < 1.29 is 13.2 Å². The van der Waals surface area contributed by atoms with E-state index in [1.807, 2.05) is 4.90 Å². The summed E-state index contributed by atoms with van der Waals surface area (Å²) in [5.41, 5.74) is 7.05. The first kappa shape index (κ1) is 21.0. The third-order valence-corrected chi connectivity index (χ3v) is 5.37. The van der Waals surface area contributed by atoms with Crippen LogP contribution in [-0.4, -0.2) is 44.1 Å². The molecule has 0 radical (unpaired) electrons. The summed E-state index contributed by atoms with van der Waals surface area (Å²) in [6.45, 7) is 1.24. The molecule has 1 saturated heterocycles. The highest BCUT2D eigenvalue weighted by Gasteiger charge is 2.23. The molecular weight excluding hydrogens is 433 g/mol. The second-order valence-corrected chi connectivity index (χ2v) is 7.77. The summed E-state index contributed by atoms with van der Waals surface area (Å²) >= 11 is 0. The van der Waals surface area contributed by atoms with Gasteiger partial charge in [0, 0.05) is 37.0 Å². The van der Waals surface area contributed by atoms with Crippen LogP contribution in [0.4, 0.5) is 30.6 Å². The summed E-state index contributed by atoms with van der Waals surface area (Å²) in [5, 5.41) is 3.01. The lowest BCUT2D eigenvalue weighted by Gasteiger charge is -2.32. The van der Waals surface area contributed by atoms with Crippen molar-refractivity contribution in [1.29, 1.82) is 0 Å². The monoisotopic (exact) mass is 452 g/mol. The van der Waals surface area contributed by atoms with Gasteiger partial charge in [0.15, 0.2) is 23.3 Å². The summed E-state index contributed by atoms with van der Waals surface area (Å²) in [6, 6.07) is 3.97. The standard InChI is InChI=1S/C22H19F3N8/c23-13-7-15(24)21(29-8-13)31-18-6-12(3-4-28-18)20-30-17-10-27-9-16(25)19(17)22(32-20)33-5-1-2-14(26)11-33/h3-4,6-10,14H,1-2,5,11,26H2,(H,28,29,31)/t14-/m0/s1. The molecule has 0 aromatic carbocycles. The van der Waals surface area contributed by atoms with Gasteiger partial charge in [0.1, 0.15) is 17.5 Å². The number of halogens is 3. The van der Waals surface area contributed by atoms with Crippen LogP contribution in [0.2, 0.25) is 0 Å². The molecule has 1 aliphatic rings. The van der Waals surface area contributed by atoms with E-state index in [2.05, 4.69) is 30.2 Å². The maximum absolute atomic E-state index is 14.7. The fourth-order valence-electron chi connectivity index (χ4n) is 3.85. The third kappa shape index (κ3) is 4.27. The average Bonchev–Trinajstić information content (AvgIpc) is 2.81. The van der Waals surface area contributed by atoms with E-state index in [1.54, 1.807) is 12.1 Å². The number of piperidine rings is 1. The van der Waals surface area contributed by atoms with Crippen molar-refractivity contribution in [3.63, 3.8) is 0 Å². The summed E-state index contributed by atoms with van der Waals surface area (Å²) in [6.07, 6.45) is 6.77. The van der Waals surface area contributed by atoms with Crippen molar-refractivity contribution in [2.45, 2.75) is 18.9 Å². The Morgan fingerprint density at radius 1 is 1.03 bits per heavy atom. The predicted octanol–water partition coefficient (Wildman–Crippen LogP) is 3.57. The summed E-state index contributed by atoms with van der Waals surface area (Å²) in [5.74, 6) is -1.29. The number of rotatable bonds is 4. The number of fused-ring (bicyclic) bond motifs is 1. The molecule has 0 unspecified atom stereocenters. The lowest BCUT2D eigenvalue weighted by atomic mass is 10.1. The lowest BCUT2D eigenvalue weighted by Crippen LogP contribution is -2.43. The van der Waals surface area contributed by atoms with Crippen molar-refractivity contribution in [2.75, 3.05) is 23.3 Å². The molecule has 1 aliphatic heterocycles. The number of aromatic nitrogens is 5. The quantitative estimate of drug-likeness (QED) is 0.484. The molecule has 168 valence electrons. The number of nitrogens with two attached hydrogens (primary N) is 1. The van der Waals surface area contributed by atoms with E-state index in [4.69, 9.17) is 5.73 Å². The molecule has 5 rings (SSSR count). The van der Waals surface area contributed by atoms with Crippen LogP contribution in [0.15, 0.2) is 43.0 Å². The molecule has 4 aromatic rings. The van der Waals surface area contributed by atoms with Crippen LogP contribution >= 0.6 is 0 Å². The molecule has 0 amide bonds. The highest BCUT2D eigenvalue weighted by atomic mass is 19.1. The van der Waals surface area contributed by atoms with Crippen molar-refractivity contribution in [3.05, 3.63) is 60.4 Å². The zero-order valence-electron chi connectivity index (χ0n) is 17.3. The predicted molar refractivity (Wildman–Crippen MR) is 117 cm³/mol. The molecule has 0 spiro atoms. The van der Waals surface area contributed by atoms with Crippen molar-refractivity contribution in [1.82, 2.24) is 24.9 Å². The number of nitrogens with zero attached hydrogens (tertiary/aromatic N) is 6. The highest BCUT2D eigenvalue weighted by molar-refractivity contribution is 5.91. The Balaban J connectivity index is 1.57. The molecule has 0 saturated carbocycles. The number of anilines is 3. The molecule has 1 fully saturated rings. The molecule has 0 bridgehead atoms. The summed E-state index contributed by atoms with van der Waals surface area (Å²) in [7, 11) is 0. The molecule has 4 aromatic heterocycles. The van der Waals surface area contributed by atoms with Crippen molar-refractivity contribution in [3.8, 4) is 11.4 Å². The van der Waals surface area contributed by atoms with Gasteiger partial charge in [-0.1, -0.05) is 0 Å². The maximum atomic E-state index is 14.7. The molecule has 1 atom stereocenters. The van der Waals surface area contributed by atoms with Gasteiger partial charge in [-0.15, -0.1) is 0 Å². The molecule has 33 heavy (non-hydrogen) atoms. The first-order chi connectivity index (χ1) is 16.0. The van der Waals surface area contributed by atoms with Gasteiger partial charge in [0.05, 0.1) is 29.5 Å². The Kier molecular flexibility index (Phi) is 5.47. The Morgan fingerprint density at radius 2 is 1.91 bits per heavy atom. The van der Waals surface area contributed by atoms with E-state index < -0.39 is 17.5 Å². The largest absolute Gasteiger partial charge is 0.354 e. The second kappa shape index (κ2) is 8.58. The fraction of sp³-hybridized carbons (Fsp3) is 0.227. The smallest absolute Gasteiger partial charge is 0.168 e. The number of hydrogen-bond acceptors (Lipinski definition) is 8. The van der Waals surface area contributed by atoms with Crippen LogP contribution < -0.4 is 16.0 Å². The zero-order chi connectivity index (χ0) is 22.9. The summed E-state index contributed by atoms with van der Waals surface area (Å²) in [4.78, 5) is 22.9. The second-order valence-electron chi connectivity index (χ2n) is 7.77. The van der Waals surface area contributed by atoms with Crippen LogP contribution in [-0.2, 0) is 0 Å². The average molecular weight is 452 g/mol. The molecule has 0 aliphatic carbocycles. The van der Waals surface area contributed by atoms with Gasteiger partial charge < -0.3 is 16.0 Å². The van der Waals surface area contributed by atoms with E-state index in [9.17, 15) is 13.2 Å². The van der Waals surface area contributed by atoms with Gasteiger partial charge in [-0.2, -0.15) is 0 Å². The number of hydrogen-bond donors (Lipinski definition) is 2. The zero-order valence-corrected chi connectivity index (χ0v) is 17.3. The van der Waals surface area contributed by atoms with Crippen LogP contribution in [0, 0.1) is 17.5 Å². The normalized spacial score (nSPS) is 16.2. The van der Waals surface area contributed by atoms with Gasteiger partial charge in [0.25, 0.3) is 0 Å². The van der Waals surface area contributed by atoms with Gasteiger partial charge in [-0.05, 0) is 25.0 Å². The minimum Gasteiger partial charge on any atom is -0.354 e. The fourth-order valence-corrected chi connectivity index (χ4v) is 3.85. The number of nitrogens with one attached hydrogen (secondary N) is 1. The Labute approximate surface area is 186 Å². The Bertz CT molecular complexity index is 1330. The molecule has 8 nitrogen and oxygen atoms in total. The lowest BCUT2D eigenvalue weighted by molar-refractivity contribution is 0.503. The molecule has 11 heteroatoms. The highest BCUT2D eigenvalue weighted by Crippen LogP contribution is 2.31. The maximum Gasteiger partial charge on any atom is 0.168 e. The first-order valence-corrected chi connectivity index (χ1v) is 10.3. The van der Waals surface area contributed by atoms with Crippen LogP contribution in [0.25, 0.3) is 22.3 Å². The number of pyridine rings is 3. The Morgan fingerprint density at radius 3 is 2.73 bits per heavy atom. The van der Waals surface area contributed by atoms with Gasteiger partial charge in [-0.3, -0.25) is 4.98 Å². The van der Waals surface area contributed by atoms with Crippen LogP contribution in [0.1, 0.15) is 12.8 Å². The van der Waals surface area contributed by atoms with E-state index in [-0.39, 0.29) is 23.1 Å². The van der Waals surface area contributed by atoms with E-state index in [0.717, 1.165) is 31.3 Å². The molecule has 3 N–H and O–H groups in total. The van der Waals surface area contributed by atoms with Crippen molar-refractivity contribution in [2.24, 2.45) is 5.73 Å². The first-order valence-electron chi connectivity index (χ1n) is 10.3. The van der Waals surface area contributed by atoms with Gasteiger partial charge in [0.2, 0.25) is 0 Å². The minimum atomic E-state index is -0.852. The van der Waals surface area contributed by atoms with E-state index >= 15 is 0 Å². The summed E-state index contributed by atoms with van der Waals surface area (Å²) < 4.78 is 41.8. The van der Waals surface area contributed by atoms with Crippen LogP contribution in [0.5, 0.6) is 0 Å². The minimum absolute atomic E-state index is 0.0352.